The van der Waals surface area contributed by atoms with Gasteiger partial charge in [0.15, 0.2) is 0 Å². The largest absolute Gasteiger partial charge is 0.461 e. The Kier molecular flexibility index (Phi) is 5.95. The van der Waals surface area contributed by atoms with Gasteiger partial charge in [-0.3, -0.25) is 4.79 Å². The normalized spacial score (nSPS) is 12.0. The van der Waals surface area contributed by atoms with Gasteiger partial charge in [-0.1, -0.05) is 6.92 Å². The van der Waals surface area contributed by atoms with Gasteiger partial charge in [0.05, 0.1) is 6.61 Å². The summed E-state index contributed by atoms with van der Waals surface area (Å²) in [4.78, 5) is 29.6. The molecule has 1 rings (SSSR count). The van der Waals surface area contributed by atoms with Crippen LogP contribution >= 0.6 is 11.3 Å². The molecule has 0 saturated carbocycles. The van der Waals surface area contributed by atoms with E-state index in [1.54, 1.807) is 17.2 Å². The Labute approximate surface area is 117 Å². The second kappa shape index (κ2) is 7.23. The lowest BCUT2D eigenvalue weighted by Crippen LogP contribution is -2.38. The average molecular weight is 284 g/mol. The summed E-state index contributed by atoms with van der Waals surface area (Å²) in [5, 5.41) is 1.84. The molecule has 0 spiro atoms. The average Bonchev–Trinajstić information content (AvgIpc) is 2.89. The van der Waals surface area contributed by atoms with E-state index in [2.05, 4.69) is 4.98 Å². The van der Waals surface area contributed by atoms with E-state index >= 15 is 0 Å². The highest BCUT2D eigenvalue weighted by Gasteiger charge is 2.22. The van der Waals surface area contributed by atoms with E-state index in [4.69, 9.17) is 4.74 Å². The first-order chi connectivity index (χ1) is 9.04. The molecule has 0 saturated heterocycles. The molecule has 1 unspecified atom stereocenters. The molecule has 5 nitrogen and oxygen atoms in total. The second-order valence-electron chi connectivity index (χ2n) is 4.11. The molecule has 1 atom stereocenters. The number of aromatic nitrogens is 1. The van der Waals surface area contributed by atoms with Crippen LogP contribution in [0.2, 0.25) is 0 Å². The zero-order valence-electron chi connectivity index (χ0n) is 11.8. The molecular weight excluding hydrogens is 264 g/mol. The molecule has 6 heteroatoms. The quantitative estimate of drug-likeness (QED) is 0.753. The summed E-state index contributed by atoms with van der Waals surface area (Å²) in [7, 11) is 0. The molecule has 1 amide bonds. The fourth-order valence-electron chi connectivity index (χ4n) is 1.68. The van der Waals surface area contributed by atoms with Crippen LogP contribution in [0.15, 0.2) is 5.38 Å². The van der Waals surface area contributed by atoms with Crippen molar-refractivity contribution >= 4 is 23.2 Å². The molecule has 0 aromatic carbocycles. The summed E-state index contributed by atoms with van der Waals surface area (Å²) in [6.45, 7) is 8.63. The van der Waals surface area contributed by atoms with Crippen LogP contribution in [0.1, 0.15) is 54.4 Å². The van der Waals surface area contributed by atoms with Gasteiger partial charge < -0.3 is 9.64 Å². The first-order valence-corrected chi connectivity index (χ1v) is 7.36. The molecule has 0 aliphatic carbocycles. The molecule has 1 aromatic heterocycles. The number of rotatable bonds is 6. The van der Waals surface area contributed by atoms with Crippen LogP contribution in [0.5, 0.6) is 0 Å². The summed E-state index contributed by atoms with van der Waals surface area (Å²) < 4.78 is 4.86. The Morgan fingerprint density at radius 1 is 1.42 bits per heavy atom. The van der Waals surface area contributed by atoms with Crippen molar-refractivity contribution in [2.75, 3.05) is 13.2 Å². The van der Waals surface area contributed by atoms with Crippen LogP contribution in [0.4, 0.5) is 0 Å². The Morgan fingerprint density at radius 2 is 2.11 bits per heavy atom. The highest BCUT2D eigenvalue weighted by molar-refractivity contribution is 7.11. The Bertz CT molecular complexity index is 445. The van der Waals surface area contributed by atoms with Gasteiger partial charge in [-0.15, -0.1) is 11.3 Å². The summed E-state index contributed by atoms with van der Waals surface area (Å²) in [6, 6.07) is 0.158. The predicted molar refractivity (Wildman–Crippen MR) is 74.5 cm³/mol. The topological polar surface area (TPSA) is 59.5 Å². The monoisotopic (exact) mass is 284 g/mol. The van der Waals surface area contributed by atoms with Gasteiger partial charge in [-0.2, -0.15) is 0 Å². The highest BCUT2D eigenvalue weighted by Crippen LogP contribution is 2.15. The van der Waals surface area contributed by atoms with Gasteiger partial charge in [0.1, 0.15) is 5.69 Å². The summed E-state index contributed by atoms with van der Waals surface area (Å²) in [5.41, 5.74) is 0.315. The third kappa shape index (κ3) is 3.76. The van der Waals surface area contributed by atoms with Crippen molar-refractivity contribution in [1.29, 1.82) is 0 Å². The van der Waals surface area contributed by atoms with Crippen LogP contribution in [0.25, 0.3) is 0 Å². The Hall–Kier alpha value is -1.43. The maximum absolute atomic E-state index is 12.3. The summed E-state index contributed by atoms with van der Waals surface area (Å²) >= 11 is 1.14. The smallest absolute Gasteiger partial charge is 0.367 e. The SMILES string of the molecule is CCOC(=O)c1nc(C(=O)N(CC)C(C)CC)cs1. The number of amides is 1. The molecule has 1 aromatic rings. The molecule has 0 fully saturated rings. The molecule has 0 aliphatic heterocycles. The van der Waals surface area contributed by atoms with Crippen molar-refractivity contribution < 1.29 is 14.3 Å². The van der Waals surface area contributed by atoms with E-state index in [0.717, 1.165) is 17.8 Å². The van der Waals surface area contributed by atoms with Gasteiger partial charge in [0.25, 0.3) is 5.91 Å². The molecular formula is C13H20N2O3S. The van der Waals surface area contributed by atoms with E-state index in [9.17, 15) is 9.59 Å². The first kappa shape index (κ1) is 15.6. The number of carbonyl (C=O) groups is 2. The molecule has 106 valence electrons. The molecule has 0 aliphatic rings. The molecule has 0 N–H and O–H groups in total. The van der Waals surface area contributed by atoms with E-state index in [-0.39, 0.29) is 17.0 Å². The lowest BCUT2D eigenvalue weighted by atomic mass is 10.2. The number of ether oxygens (including phenoxy) is 1. The zero-order chi connectivity index (χ0) is 14.4. The molecule has 0 radical (unpaired) electrons. The first-order valence-electron chi connectivity index (χ1n) is 6.48. The minimum absolute atomic E-state index is 0.136. The number of nitrogens with zero attached hydrogens (tertiary/aromatic N) is 2. The molecule has 1 heterocycles. The summed E-state index contributed by atoms with van der Waals surface area (Å²) in [6.07, 6.45) is 0.883. The lowest BCUT2D eigenvalue weighted by Gasteiger charge is -2.26. The number of hydrogen-bond acceptors (Lipinski definition) is 5. The van der Waals surface area contributed by atoms with Crippen molar-refractivity contribution in [1.82, 2.24) is 9.88 Å². The number of esters is 1. The van der Waals surface area contributed by atoms with Crippen LogP contribution in [0.3, 0.4) is 0 Å². The van der Waals surface area contributed by atoms with Gasteiger partial charge in [0.2, 0.25) is 5.01 Å². The van der Waals surface area contributed by atoms with Crippen LogP contribution in [0, 0.1) is 0 Å². The van der Waals surface area contributed by atoms with E-state index in [1.165, 1.54) is 0 Å². The van der Waals surface area contributed by atoms with Crippen LogP contribution in [-0.2, 0) is 4.74 Å². The maximum atomic E-state index is 12.3. The zero-order valence-corrected chi connectivity index (χ0v) is 12.6. The van der Waals surface area contributed by atoms with Crippen molar-refractivity contribution in [3.8, 4) is 0 Å². The van der Waals surface area contributed by atoms with Crippen LogP contribution < -0.4 is 0 Å². The third-order valence-electron chi connectivity index (χ3n) is 2.90. The predicted octanol–water partition coefficient (Wildman–Crippen LogP) is 2.58. The van der Waals surface area contributed by atoms with Crippen LogP contribution in [-0.4, -0.2) is 41.0 Å². The second-order valence-corrected chi connectivity index (χ2v) is 4.96. The third-order valence-corrected chi connectivity index (χ3v) is 3.72. The van der Waals surface area contributed by atoms with Crippen molar-refractivity contribution in [3.63, 3.8) is 0 Å². The standard InChI is InChI=1S/C13H20N2O3S/c1-5-9(4)15(6-2)12(16)10-8-19-11(14-10)13(17)18-7-3/h8-9H,5-7H2,1-4H3. The van der Waals surface area contributed by atoms with Crippen molar-refractivity contribution in [2.24, 2.45) is 0 Å². The number of carbonyl (C=O) groups excluding carboxylic acids is 2. The highest BCUT2D eigenvalue weighted by atomic mass is 32.1. The fraction of sp³-hybridized carbons (Fsp3) is 0.615. The van der Waals surface area contributed by atoms with Gasteiger partial charge >= 0.3 is 5.97 Å². The van der Waals surface area contributed by atoms with Crippen molar-refractivity contribution in [2.45, 2.75) is 40.2 Å². The Morgan fingerprint density at radius 3 is 2.63 bits per heavy atom. The van der Waals surface area contributed by atoms with Gasteiger partial charge in [-0.25, -0.2) is 9.78 Å². The maximum Gasteiger partial charge on any atom is 0.367 e. The number of hydrogen-bond donors (Lipinski definition) is 0. The fourth-order valence-corrected chi connectivity index (χ4v) is 2.36. The van der Waals surface area contributed by atoms with E-state index in [1.807, 2.05) is 20.8 Å². The molecule has 0 bridgehead atoms. The summed E-state index contributed by atoms with van der Waals surface area (Å²) in [5.74, 6) is -0.609. The van der Waals surface area contributed by atoms with Gasteiger partial charge in [0, 0.05) is 18.0 Å². The van der Waals surface area contributed by atoms with Gasteiger partial charge in [-0.05, 0) is 27.2 Å². The number of thiazole rings is 1. The lowest BCUT2D eigenvalue weighted by molar-refractivity contribution is 0.0526. The van der Waals surface area contributed by atoms with E-state index < -0.39 is 5.97 Å². The van der Waals surface area contributed by atoms with Crippen molar-refractivity contribution in [3.05, 3.63) is 16.1 Å². The molecule has 19 heavy (non-hydrogen) atoms. The minimum atomic E-state index is -0.474. The minimum Gasteiger partial charge on any atom is -0.461 e. The Balaban J connectivity index is 2.85. The van der Waals surface area contributed by atoms with E-state index in [0.29, 0.717) is 18.8 Å².